The van der Waals surface area contributed by atoms with Crippen LogP contribution < -0.4 is 5.32 Å². The molecule has 33 heavy (non-hydrogen) atoms. The molecule has 1 aliphatic heterocycles. The van der Waals surface area contributed by atoms with E-state index in [2.05, 4.69) is 16.8 Å². The number of halogens is 3. The van der Waals surface area contributed by atoms with Crippen molar-refractivity contribution >= 4 is 46.4 Å². The van der Waals surface area contributed by atoms with Crippen LogP contribution in [0.4, 0.5) is 5.69 Å². The maximum absolute atomic E-state index is 11.9. The topological polar surface area (TPSA) is 71.0 Å². The number of carbonyl (C=O) groups excluding carboxylic acids is 1. The normalized spacial score (nSPS) is 21.1. The molecule has 2 aromatic carbocycles. The fraction of sp³-hybridized carbons (Fsp3) is 0.375. The molecule has 3 rings (SSSR count). The number of nitrogens with one attached hydrogen (secondary N) is 1. The van der Waals surface area contributed by atoms with Crippen LogP contribution in [0.15, 0.2) is 61.2 Å². The van der Waals surface area contributed by atoms with E-state index in [0.717, 1.165) is 23.2 Å². The summed E-state index contributed by atoms with van der Waals surface area (Å²) in [5.74, 6) is -0.734. The highest BCUT2D eigenvalue weighted by atomic mass is 35.6. The predicted octanol–water partition coefficient (Wildman–Crippen LogP) is 5.15. The number of nitrogens with zero attached hydrogens (tertiary/aromatic N) is 1. The lowest BCUT2D eigenvalue weighted by molar-refractivity contribution is -0.252. The first-order chi connectivity index (χ1) is 15.7. The zero-order valence-electron chi connectivity index (χ0n) is 18.2. The van der Waals surface area contributed by atoms with Crippen molar-refractivity contribution < 1.29 is 19.4 Å². The lowest BCUT2D eigenvalue weighted by Gasteiger charge is -2.37. The molecular formula is C24H27Cl3N2O4. The van der Waals surface area contributed by atoms with Gasteiger partial charge in [-0.25, -0.2) is 0 Å². The molecular weight excluding hydrogens is 487 g/mol. The number of alkyl halides is 3. The minimum Gasteiger partial charge on any atom is -0.392 e. The number of likely N-dealkylation sites (N-methyl/N-ethyl adjacent to an activating group) is 1. The Morgan fingerprint density at radius 1 is 1.15 bits per heavy atom. The third kappa shape index (κ3) is 7.42. The molecule has 1 aliphatic rings. The van der Waals surface area contributed by atoms with E-state index < -0.39 is 16.0 Å². The fourth-order valence-corrected chi connectivity index (χ4v) is 3.74. The summed E-state index contributed by atoms with van der Waals surface area (Å²) >= 11 is 16.8. The summed E-state index contributed by atoms with van der Waals surface area (Å²) in [6, 6.07) is 14.7. The number of hydrogen-bond acceptors (Lipinski definition) is 5. The number of anilines is 1. The Morgan fingerprint density at radius 2 is 1.79 bits per heavy atom. The number of aliphatic hydroxyl groups is 1. The lowest BCUT2D eigenvalue weighted by atomic mass is 9.99. The SMILES string of the molecule is C=CCN(C)C[C@@H]1C[C@H](c2ccc(CO)cc2)O[C@H](c2ccc(NC(=O)C(Cl)(Cl)Cl)cc2)O1. The van der Waals surface area contributed by atoms with Crippen LogP contribution in [0.5, 0.6) is 0 Å². The number of rotatable bonds is 8. The molecule has 1 amide bonds. The van der Waals surface area contributed by atoms with Crippen LogP contribution in [0.2, 0.25) is 0 Å². The molecule has 2 N–H and O–H groups in total. The fourth-order valence-electron chi connectivity index (χ4n) is 3.60. The number of hydrogen-bond donors (Lipinski definition) is 2. The van der Waals surface area contributed by atoms with Crippen LogP contribution in [0.25, 0.3) is 0 Å². The van der Waals surface area contributed by atoms with Crippen molar-refractivity contribution in [1.82, 2.24) is 4.90 Å². The van der Waals surface area contributed by atoms with E-state index in [1.165, 1.54) is 0 Å². The van der Waals surface area contributed by atoms with Gasteiger partial charge in [0, 0.05) is 30.8 Å². The van der Waals surface area contributed by atoms with Crippen LogP contribution in [-0.4, -0.2) is 45.9 Å². The van der Waals surface area contributed by atoms with Gasteiger partial charge in [0.05, 0.1) is 18.8 Å². The lowest BCUT2D eigenvalue weighted by Crippen LogP contribution is -2.37. The molecule has 3 atom stereocenters. The summed E-state index contributed by atoms with van der Waals surface area (Å²) in [4.78, 5) is 14.0. The monoisotopic (exact) mass is 512 g/mol. The molecule has 2 aromatic rings. The highest BCUT2D eigenvalue weighted by Crippen LogP contribution is 2.38. The Hall–Kier alpha value is -1.64. The molecule has 0 unspecified atom stereocenters. The van der Waals surface area contributed by atoms with Gasteiger partial charge in [-0.1, -0.05) is 77.3 Å². The van der Waals surface area contributed by atoms with E-state index in [-0.39, 0.29) is 18.8 Å². The zero-order valence-corrected chi connectivity index (χ0v) is 20.5. The van der Waals surface area contributed by atoms with Gasteiger partial charge in [-0.2, -0.15) is 0 Å². The largest absolute Gasteiger partial charge is 0.392 e. The summed E-state index contributed by atoms with van der Waals surface area (Å²) in [6.45, 7) is 5.26. The highest BCUT2D eigenvalue weighted by Gasteiger charge is 2.33. The second-order valence-electron chi connectivity index (χ2n) is 7.93. The molecule has 6 nitrogen and oxygen atoms in total. The van der Waals surface area contributed by atoms with Gasteiger partial charge in [0.2, 0.25) is 0 Å². The molecule has 9 heteroatoms. The maximum Gasteiger partial charge on any atom is 0.276 e. The minimum atomic E-state index is -2.04. The number of aliphatic hydroxyl groups excluding tert-OH is 1. The zero-order chi connectivity index (χ0) is 24.0. The van der Waals surface area contributed by atoms with Gasteiger partial charge in [-0.15, -0.1) is 6.58 Å². The summed E-state index contributed by atoms with van der Waals surface area (Å²) in [7, 11) is 2.02. The van der Waals surface area contributed by atoms with Crippen LogP contribution in [0.1, 0.15) is 35.5 Å². The smallest absolute Gasteiger partial charge is 0.276 e. The molecule has 0 bridgehead atoms. The van der Waals surface area contributed by atoms with Crippen LogP contribution >= 0.6 is 34.8 Å². The molecule has 0 spiro atoms. The van der Waals surface area contributed by atoms with Crippen LogP contribution in [-0.2, 0) is 20.9 Å². The molecule has 178 valence electrons. The first-order valence-corrected chi connectivity index (χ1v) is 11.6. The van der Waals surface area contributed by atoms with E-state index in [9.17, 15) is 9.90 Å². The van der Waals surface area contributed by atoms with Gasteiger partial charge in [0.15, 0.2) is 6.29 Å². The third-order valence-corrected chi connectivity index (χ3v) is 5.78. The third-order valence-electron chi connectivity index (χ3n) is 5.27. The Bertz CT molecular complexity index is 932. The average Bonchev–Trinajstić information content (AvgIpc) is 2.79. The van der Waals surface area contributed by atoms with Crippen molar-refractivity contribution in [2.75, 3.05) is 25.5 Å². The van der Waals surface area contributed by atoms with Gasteiger partial charge in [-0.05, 0) is 30.3 Å². The second kappa shape index (κ2) is 11.7. The van der Waals surface area contributed by atoms with E-state index in [1.54, 1.807) is 24.3 Å². The van der Waals surface area contributed by atoms with Crippen molar-refractivity contribution in [2.24, 2.45) is 0 Å². The summed E-state index contributed by atoms with van der Waals surface area (Å²) in [5.41, 5.74) is 3.15. The second-order valence-corrected chi connectivity index (χ2v) is 10.2. The van der Waals surface area contributed by atoms with Crippen molar-refractivity contribution in [3.63, 3.8) is 0 Å². The molecule has 0 aromatic heterocycles. The summed E-state index contributed by atoms with van der Waals surface area (Å²) < 4.78 is 10.5. The van der Waals surface area contributed by atoms with Crippen molar-refractivity contribution in [3.8, 4) is 0 Å². The Kier molecular flexibility index (Phi) is 9.18. The predicted molar refractivity (Wildman–Crippen MR) is 131 cm³/mol. The van der Waals surface area contributed by atoms with Crippen molar-refractivity contribution in [2.45, 2.75) is 35.3 Å². The average molecular weight is 514 g/mol. The number of amides is 1. The number of benzene rings is 2. The van der Waals surface area contributed by atoms with Crippen molar-refractivity contribution in [1.29, 1.82) is 0 Å². The minimum absolute atomic E-state index is 0.00627. The number of ether oxygens (including phenoxy) is 2. The quantitative estimate of drug-likeness (QED) is 0.377. The highest BCUT2D eigenvalue weighted by molar-refractivity contribution is 6.76. The Balaban J connectivity index is 1.78. The van der Waals surface area contributed by atoms with Crippen molar-refractivity contribution in [3.05, 3.63) is 77.9 Å². The van der Waals surface area contributed by atoms with E-state index in [4.69, 9.17) is 44.3 Å². The first kappa shape index (κ1) is 26.0. The van der Waals surface area contributed by atoms with E-state index >= 15 is 0 Å². The van der Waals surface area contributed by atoms with E-state index in [0.29, 0.717) is 18.7 Å². The van der Waals surface area contributed by atoms with Crippen LogP contribution in [0, 0.1) is 0 Å². The molecule has 1 fully saturated rings. The van der Waals surface area contributed by atoms with Crippen LogP contribution in [0.3, 0.4) is 0 Å². The summed E-state index contributed by atoms with van der Waals surface area (Å²) in [5, 5.41) is 11.9. The molecule has 1 saturated heterocycles. The molecule has 0 aliphatic carbocycles. The molecule has 1 heterocycles. The van der Waals surface area contributed by atoms with E-state index in [1.807, 2.05) is 37.4 Å². The van der Waals surface area contributed by atoms with Gasteiger partial charge in [-0.3, -0.25) is 4.79 Å². The van der Waals surface area contributed by atoms with Gasteiger partial charge in [0.1, 0.15) is 0 Å². The summed E-state index contributed by atoms with van der Waals surface area (Å²) in [6.07, 6.45) is 1.70. The van der Waals surface area contributed by atoms with Gasteiger partial charge < -0.3 is 24.8 Å². The maximum atomic E-state index is 11.9. The number of carbonyl (C=O) groups is 1. The Morgan fingerprint density at radius 3 is 2.36 bits per heavy atom. The Labute approximate surface area is 209 Å². The standard InChI is InChI=1S/C24H27Cl3N2O4/c1-3-12-29(2)14-20-13-21(17-6-4-16(15-30)5-7-17)33-22(32-20)18-8-10-19(11-9-18)28-23(31)24(25,26)27/h3-11,20-22,30H,1,12-15H2,2H3,(H,28,31)/t20-,21+,22+/m0/s1. The van der Waals surface area contributed by atoms with Gasteiger partial charge >= 0.3 is 0 Å². The first-order valence-electron chi connectivity index (χ1n) is 10.5. The molecule has 0 radical (unpaired) electrons. The van der Waals surface area contributed by atoms with Gasteiger partial charge in [0.25, 0.3) is 9.70 Å². The molecule has 0 saturated carbocycles.